The first kappa shape index (κ1) is 11.8. The van der Waals surface area contributed by atoms with Crippen molar-refractivity contribution in [3.63, 3.8) is 0 Å². The molecule has 0 aliphatic heterocycles. The number of rotatable bonds is 1. The van der Waals surface area contributed by atoms with Gasteiger partial charge in [0.25, 0.3) is 0 Å². The number of amides is 1. The van der Waals surface area contributed by atoms with Crippen molar-refractivity contribution in [1.29, 1.82) is 0 Å². The van der Waals surface area contributed by atoms with Crippen LogP contribution in [0.4, 0.5) is 4.79 Å². The number of carbonyl (C=O) groups excluding carboxylic acids is 1. The number of hydrogen-bond donors (Lipinski definition) is 2. The van der Waals surface area contributed by atoms with Crippen molar-refractivity contribution < 1.29 is 16.1 Å². The molecule has 6 heteroatoms. The molecule has 0 fully saturated rings. The van der Waals surface area contributed by atoms with Gasteiger partial charge in [0.2, 0.25) is 6.41 Å². The maximum Gasteiger partial charge on any atom is 1.00 e. The number of nitrogens with zero attached hydrogens (tertiary/aromatic N) is 2. The Morgan fingerprint density at radius 3 is 2.69 bits per heavy atom. The Kier molecular flexibility index (Phi) is 3.71. The van der Waals surface area contributed by atoms with E-state index in [-0.39, 0.29) is 1.43 Å². The lowest BCUT2D eigenvalue weighted by atomic mass is 10.5. The van der Waals surface area contributed by atoms with Crippen LogP contribution in [0.25, 0.3) is 11.0 Å². The van der Waals surface area contributed by atoms with E-state index in [9.17, 15) is 9.59 Å². The van der Waals surface area contributed by atoms with Gasteiger partial charge in [-0.25, -0.2) is 4.79 Å². The molecule has 0 spiro atoms. The normalized spacial score (nSPS) is 9.38. The number of nitrogens with one attached hydrogen (secondary N) is 1. The largest absolute Gasteiger partial charge is 1.00 e. The van der Waals surface area contributed by atoms with E-state index in [0.29, 0.717) is 5.52 Å². The van der Waals surface area contributed by atoms with Gasteiger partial charge in [-0.3, -0.25) is 9.36 Å². The lowest BCUT2D eigenvalue weighted by Gasteiger charge is -1.93. The fourth-order valence-corrected chi connectivity index (χ4v) is 1.11. The summed E-state index contributed by atoms with van der Waals surface area (Å²) in [6, 6.07) is 3.45. The van der Waals surface area contributed by atoms with E-state index in [4.69, 9.17) is 5.11 Å². The quantitative estimate of drug-likeness (QED) is 0.717. The van der Waals surface area contributed by atoms with Gasteiger partial charge in [0.05, 0.1) is 11.0 Å². The van der Waals surface area contributed by atoms with Crippen LogP contribution in [0, 0.1) is 0 Å². The third kappa shape index (κ3) is 2.63. The van der Waals surface area contributed by atoms with Crippen LogP contribution in [0.5, 0.6) is 0 Å². The van der Waals surface area contributed by atoms with Crippen LogP contribution < -0.4 is 0 Å². The molecule has 0 atom stereocenters. The Bertz CT molecular complexity index is 490. The predicted molar refractivity (Wildman–Crippen MR) is 60.6 cm³/mol. The van der Waals surface area contributed by atoms with Gasteiger partial charge in [0, 0.05) is 26.5 Å². The molecule has 0 saturated heterocycles. The first-order valence-corrected chi connectivity index (χ1v) is 4.55. The summed E-state index contributed by atoms with van der Waals surface area (Å²) in [6.45, 7) is 0. The Hall–Kier alpha value is -2.24. The number of carboxylic acid groups (broad SMARTS) is 1. The van der Waals surface area contributed by atoms with Gasteiger partial charge in [-0.05, 0) is 12.1 Å². The zero-order valence-electron chi connectivity index (χ0n) is 10.0. The lowest BCUT2D eigenvalue weighted by molar-refractivity contribution is -0.115. The van der Waals surface area contributed by atoms with Crippen LogP contribution in [0.15, 0.2) is 24.5 Å². The number of H-pyrrole nitrogens is 1. The molecule has 0 aliphatic rings. The monoisotopic (exact) mass is 224 g/mol. The van der Waals surface area contributed by atoms with Crippen LogP contribution in [-0.2, 0) is 4.79 Å². The third-order valence-corrected chi connectivity index (χ3v) is 1.82. The maximum absolute atomic E-state index is 10.5. The molecule has 0 saturated carbocycles. The molecule has 0 aromatic carbocycles. The maximum atomic E-state index is 10.5. The van der Waals surface area contributed by atoms with Gasteiger partial charge in [-0.15, -0.1) is 0 Å². The van der Waals surface area contributed by atoms with Gasteiger partial charge in [0.15, 0.2) is 0 Å². The summed E-state index contributed by atoms with van der Waals surface area (Å²) >= 11 is 0. The molecular weight excluding hydrogens is 210 g/mol. The van der Waals surface area contributed by atoms with Crippen LogP contribution in [-0.4, -0.2) is 46.2 Å². The second-order valence-electron chi connectivity index (χ2n) is 3.31. The van der Waals surface area contributed by atoms with E-state index >= 15 is 0 Å². The number of hydrogen-bond acceptors (Lipinski definition) is 2. The molecule has 0 bridgehead atoms. The molecule has 2 aromatic heterocycles. The van der Waals surface area contributed by atoms with E-state index in [1.165, 1.54) is 15.7 Å². The Labute approximate surface area is 93.6 Å². The van der Waals surface area contributed by atoms with Gasteiger partial charge >= 0.3 is 7.52 Å². The van der Waals surface area contributed by atoms with Gasteiger partial charge in [-0.1, -0.05) is 0 Å². The summed E-state index contributed by atoms with van der Waals surface area (Å²) in [4.78, 5) is 24.3. The molecule has 0 unspecified atom stereocenters. The van der Waals surface area contributed by atoms with E-state index in [1.54, 1.807) is 32.4 Å². The van der Waals surface area contributed by atoms with Crippen molar-refractivity contribution in [1.82, 2.24) is 14.5 Å². The highest BCUT2D eigenvalue weighted by Crippen LogP contribution is 2.12. The van der Waals surface area contributed by atoms with Crippen molar-refractivity contribution in [3.8, 4) is 0 Å². The summed E-state index contributed by atoms with van der Waals surface area (Å²) in [7, 11) is 3.38. The van der Waals surface area contributed by atoms with Crippen LogP contribution >= 0.6 is 0 Å². The summed E-state index contributed by atoms with van der Waals surface area (Å²) in [6.07, 6.45) is 3.02. The van der Waals surface area contributed by atoms with E-state index in [2.05, 4.69) is 4.98 Å². The standard InChI is InChI=1S/C7H6N2O2.C3H7NO/c10-7(11)9-4-2-5-6(9)1-3-8-5;1-4(2)3-5/h1-4,8H,(H,10,11);3H,1-2H3/p+1. The molecule has 6 nitrogen and oxygen atoms in total. The third-order valence-electron chi connectivity index (χ3n) is 1.82. The Balaban J connectivity index is 0.000000373. The van der Waals surface area contributed by atoms with E-state index in [0.717, 1.165) is 11.9 Å². The summed E-state index contributed by atoms with van der Waals surface area (Å²) in [5.74, 6) is 0. The van der Waals surface area contributed by atoms with Crippen molar-refractivity contribution >= 4 is 23.5 Å². The lowest BCUT2D eigenvalue weighted by Crippen LogP contribution is -2.06. The van der Waals surface area contributed by atoms with Crippen LogP contribution in [0.1, 0.15) is 1.43 Å². The zero-order chi connectivity index (χ0) is 12.1. The van der Waals surface area contributed by atoms with Gasteiger partial charge in [0.1, 0.15) is 0 Å². The first-order valence-electron chi connectivity index (χ1n) is 4.55. The zero-order valence-corrected chi connectivity index (χ0v) is 9.04. The molecule has 1 amide bonds. The van der Waals surface area contributed by atoms with Gasteiger partial charge < -0.3 is 15.0 Å². The fraction of sp³-hybridized carbons (Fsp3) is 0.200. The van der Waals surface area contributed by atoms with Crippen LogP contribution in [0.3, 0.4) is 0 Å². The second kappa shape index (κ2) is 5.01. The van der Waals surface area contributed by atoms with Crippen molar-refractivity contribution in [3.05, 3.63) is 24.5 Å². The average molecular weight is 224 g/mol. The molecule has 86 valence electrons. The number of aromatic nitrogens is 2. The highest BCUT2D eigenvalue weighted by Gasteiger charge is 2.05. The topological polar surface area (TPSA) is 78.3 Å². The minimum Gasteiger partial charge on any atom is -0.464 e. The van der Waals surface area contributed by atoms with Crippen molar-refractivity contribution in [2.45, 2.75) is 0 Å². The summed E-state index contributed by atoms with van der Waals surface area (Å²) in [5, 5.41) is 8.64. The molecule has 2 heterocycles. The molecule has 2 N–H and O–H groups in total. The minimum absolute atomic E-state index is 0. The molecule has 2 rings (SSSR count). The average Bonchev–Trinajstić information content (AvgIpc) is 2.78. The van der Waals surface area contributed by atoms with E-state index in [1.807, 2.05) is 0 Å². The molecule has 16 heavy (non-hydrogen) atoms. The van der Waals surface area contributed by atoms with Crippen molar-refractivity contribution in [2.75, 3.05) is 14.1 Å². The minimum atomic E-state index is -0.959. The van der Waals surface area contributed by atoms with Crippen LogP contribution in [0.2, 0.25) is 0 Å². The molecule has 0 radical (unpaired) electrons. The number of fused-ring (bicyclic) bond motifs is 1. The summed E-state index contributed by atoms with van der Waals surface area (Å²) in [5.41, 5.74) is 1.53. The van der Waals surface area contributed by atoms with E-state index < -0.39 is 6.09 Å². The second-order valence-corrected chi connectivity index (χ2v) is 3.31. The Morgan fingerprint density at radius 2 is 2.19 bits per heavy atom. The molecule has 2 aromatic rings. The Morgan fingerprint density at radius 1 is 1.56 bits per heavy atom. The summed E-state index contributed by atoms with van der Waals surface area (Å²) < 4.78 is 1.17. The highest BCUT2D eigenvalue weighted by atomic mass is 16.4. The molecule has 0 aliphatic carbocycles. The smallest absolute Gasteiger partial charge is 0.464 e. The van der Waals surface area contributed by atoms with Crippen molar-refractivity contribution in [2.24, 2.45) is 0 Å². The first-order chi connectivity index (χ1) is 7.56. The number of carbonyl (C=O) groups is 2. The highest BCUT2D eigenvalue weighted by molar-refractivity contribution is 5.86. The molecular formula is C10H14N3O3+. The number of aromatic amines is 1. The fourth-order valence-electron chi connectivity index (χ4n) is 1.11. The SMILES string of the molecule is CN(C)C=O.O=C(O)n1ccc2[nH]ccc21.[H+]. The predicted octanol–water partition coefficient (Wildman–Crippen LogP) is 1.31. The van der Waals surface area contributed by atoms with Gasteiger partial charge in [-0.2, -0.15) is 0 Å².